The van der Waals surface area contributed by atoms with Crippen LogP contribution in [0.5, 0.6) is 0 Å². The van der Waals surface area contributed by atoms with Crippen LogP contribution in [0.1, 0.15) is 18.5 Å². The first-order valence-corrected chi connectivity index (χ1v) is 5.85. The summed E-state index contributed by atoms with van der Waals surface area (Å²) in [7, 11) is 0. The van der Waals surface area contributed by atoms with Crippen molar-refractivity contribution in [2.24, 2.45) is 5.73 Å². The van der Waals surface area contributed by atoms with Gasteiger partial charge in [0, 0.05) is 22.7 Å². The summed E-state index contributed by atoms with van der Waals surface area (Å²) in [6.45, 7) is 1.35. The zero-order valence-electron chi connectivity index (χ0n) is 10.3. The molecule has 1 atom stereocenters. The average Bonchev–Trinajstić information content (AvgIpc) is 2.81. The van der Waals surface area contributed by atoms with E-state index in [0.717, 1.165) is 0 Å². The number of alkyl halides is 2. The van der Waals surface area contributed by atoms with Crippen molar-refractivity contribution in [3.63, 3.8) is 0 Å². The van der Waals surface area contributed by atoms with Gasteiger partial charge in [-0.1, -0.05) is 18.2 Å². The molecule has 0 unspecified atom stereocenters. The number of fused-ring (bicyclic) bond motifs is 1. The Morgan fingerprint density at radius 3 is 2.84 bits per heavy atom. The zero-order valence-corrected chi connectivity index (χ0v) is 10.3. The van der Waals surface area contributed by atoms with E-state index in [4.69, 9.17) is 5.73 Å². The molecule has 2 rings (SSSR count). The summed E-state index contributed by atoms with van der Waals surface area (Å²) < 4.78 is 32.1. The molecule has 0 aliphatic carbocycles. The van der Waals surface area contributed by atoms with Gasteiger partial charge in [-0.05, 0) is 13.0 Å². The molecule has 4 nitrogen and oxygen atoms in total. The molecule has 1 heterocycles. The zero-order chi connectivity index (χ0) is 14.0. The molecule has 19 heavy (non-hydrogen) atoms. The maximum absolute atomic E-state index is 13.9. The number of H-pyrrole nitrogens is 1. The van der Waals surface area contributed by atoms with Gasteiger partial charge in [-0.2, -0.15) is 8.78 Å². The van der Waals surface area contributed by atoms with Crippen molar-refractivity contribution < 1.29 is 18.3 Å². The Labute approximate surface area is 108 Å². The quantitative estimate of drug-likeness (QED) is 0.836. The second kappa shape index (κ2) is 4.97. The van der Waals surface area contributed by atoms with E-state index in [2.05, 4.69) is 9.72 Å². The number of halogens is 2. The molecule has 1 aromatic heterocycles. The highest BCUT2D eigenvalue weighted by Gasteiger charge is 2.48. The molecule has 0 amide bonds. The number of hydrogen-bond donors (Lipinski definition) is 2. The number of aromatic nitrogens is 1. The molecular formula is C13H14F2N2O2. The van der Waals surface area contributed by atoms with E-state index in [1.807, 2.05) is 0 Å². The Bertz CT molecular complexity index is 595. The number of benzene rings is 1. The molecule has 0 radical (unpaired) electrons. The summed E-state index contributed by atoms with van der Waals surface area (Å²) in [5, 5.41) is 0.568. The number of aromatic amines is 1. The molecular weight excluding hydrogens is 254 g/mol. The maximum Gasteiger partial charge on any atom is 0.379 e. The predicted octanol–water partition coefficient (Wildman–Crippen LogP) is 2.37. The minimum Gasteiger partial charge on any atom is -0.462 e. The van der Waals surface area contributed by atoms with E-state index in [-0.39, 0.29) is 12.2 Å². The second-order valence-electron chi connectivity index (χ2n) is 4.11. The largest absolute Gasteiger partial charge is 0.462 e. The highest BCUT2D eigenvalue weighted by atomic mass is 19.3. The van der Waals surface area contributed by atoms with Crippen molar-refractivity contribution in [1.29, 1.82) is 0 Å². The summed E-state index contributed by atoms with van der Waals surface area (Å²) in [6.07, 6.45) is 1.39. The number of nitrogens with two attached hydrogens (primary N) is 1. The average molecular weight is 268 g/mol. The molecule has 1 aromatic carbocycles. The van der Waals surface area contributed by atoms with Gasteiger partial charge in [0.15, 0.2) is 0 Å². The number of esters is 1. The van der Waals surface area contributed by atoms with Crippen LogP contribution < -0.4 is 5.73 Å². The van der Waals surface area contributed by atoms with Crippen LogP contribution in [-0.2, 0) is 9.53 Å². The smallest absolute Gasteiger partial charge is 0.379 e. The molecule has 0 bridgehead atoms. The number of carbonyl (C=O) groups is 1. The van der Waals surface area contributed by atoms with E-state index in [9.17, 15) is 13.6 Å². The molecule has 0 aliphatic rings. The Balaban J connectivity index is 2.38. The van der Waals surface area contributed by atoms with Crippen LogP contribution in [0, 0.1) is 0 Å². The van der Waals surface area contributed by atoms with Crippen molar-refractivity contribution in [2.75, 3.05) is 6.61 Å². The topological polar surface area (TPSA) is 68.1 Å². The highest BCUT2D eigenvalue weighted by molar-refractivity contribution is 5.86. The number of para-hydroxylation sites is 1. The summed E-state index contributed by atoms with van der Waals surface area (Å²) in [5.74, 6) is -5.37. The fourth-order valence-electron chi connectivity index (χ4n) is 1.90. The number of carbonyl (C=O) groups excluding carboxylic acids is 1. The van der Waals surface area contributed by atoms with Gasteiger partial charge in [-0.25, -0.2) is 4.79 Å². The maximum atomic E-state index is 13.9. The number of hydrogen-bond acceptors (Lipinski definition) is 3. The first-order chi connectivity index (χ1) is 8.98. The molecule has 102 valence electrons. The molecule has 0 aliphatic heterocycles. The first-order valence-electron chi connectivity index (χ1n) is 5.85. The lowest BCUT2D eigenvalue weighted by molar-refractivity contribution is -0.174. The third-order valence-electron chi connectivity index (χ3n) is 2.89. The van der Waals surface area contributed by atoms with Crippen LogP contribution >= 0.6 is 0 Å². The molecule has 3 N–H and O–H groups in total. The second-order valence-corrected chi connectivity index (χ2v) is 4.11. The monoisotopic (exact) mass is 268 g/mol. The van der Waals surface area contributed by atoms with Gasteiger partial charge in [0.25, 0.3) is 0 Å². The lowest BCUT2D eigenvalue weighted by Gasteiger charge is -2.21. The van der Waals surface area contributed by atoms with Crippen LogP contribution in [0.25, 0.3) is 10.9 Å². The molecule has 2 aromatic rings. The van der Waals surface area contributed by atoms with Gasteiger partial charge < -0.3 is 15.5 Å². The van der Waals surface area contributed by atoms with E-state index >= 15 is 0 Å². The van der Waals surface area contributed by atoms with Crippen molar-refractivity contribution in [3.8, 4) is 0 Å². The van der Waals surface area contributed by atoms with E-state index in [1.54, 1.807) is 24.3 Å². The van der Waals surface area contributed by atoms with Crippen LogP contribution in [0.3, 0.4) is 0 Å². The summed E-state index contributed by atoms with van der Waals surface area (Å²) in [5.41, 5.74) is 6.42. The lowest BCUT2D eigenvalue weighted by Crippen LogP contribution is -2.41. The van der Waals surface area contributed by atoms with Crippen LogP contribution in [0.2, 0.25) is 0 Å². The minimum absolute atomic E-state index is 0.116. The van der Waals surface area contributed by atoms with Gasteiger partial charge in [-0.15, -0.1) is 0 Å². The summed E-state index contributed by atoms with van der Waals surface area (Å²) in [4.78, 5) is 14.1. The third-order valence-corrected chi connectivity index (χ3v) is 2.89. The van der Waals surface area contributed by atoms with Gasteiger partial charge in [0.2, 0.25) is 0 Å². The highest BCUT2D eigenvalue weighted by Crippen LogP contribution is 2.34. The van der Waals surface area contributed by atoms with Crippen molar-refractivity contribution in [3.05, 3.63) is 36.0 Å². The Hall–Kier alpha value is -1.95. The predicted molar refractivity (Wildman–Crippen MR) is 66.8 cm³/mol. The third kappa shape index (κ3) is 2.31. The molecule has 0 fully saturated rings. The normalized spacial score (nSPS) is 13.5. The molecule has 0 saturated heterocycles. The number of rotatable bonds is 4. The standard InChI is InChI=1S/C13H14F2N2O2/c1-2-19-12(18)13(14,15)11(16)9-7-17-10-6-4-3-5-8(9)10/h3-7,11,17H,2,16H2,1H3/t11-/m1/s1. The van der Waals surface area contributed by atoms with Gasteiger partial charge >= 0.3 is 11.9 Å². The lowest BCUT2D eigenvalue weighted by atomic mass is 10.0. The number of ether oxygens (including phenoxy) is 1. The van der Waals surface area contributed by atoms with Crippen LogP contribution in [0.15, 0.2) is 30.5 Å². The first kappa shape index (κ1) is 13.5. The fourth-order valence-corrected chi connectivity index (χ4v) is 1.90. The van der Waals surface area contributed by atoms with Crippen LogP contribution in [-0.4, -0.2) is 23.5 Å². The van der Waals surface area contributed by atoms with E-state index in [1.165, 1.54) is 13.1 Å². The fraction of sp³-hybridized carbons (Fsp3) is 0.308. The Morgan fingerprint density at radius 1 is 1.47 bits per heavy atom. The summed E-state index contributed by atoms with van der Waals surface area (Å²) >= 11 is 0. The summed E-state index contributed by atoms with van der Waals surface area (Å²) in [6, 6.07) is 5.16. The van der Waals surface area contributed by atoms with Gasteiger partial charge in [0.1, 0.15) is 6.04 Å². The molecule has 0 saturated carbocycles. The van der Waals surface area contributed by atoms with Gasteiger partial charge in [0.05, 0.1) is 6.61 Å². The van der Waals surface area contributed by atoms with Crippen molar-refractivity contribution >= 4 is 16.9 Å². The Morgan fingerprint density at radius 2 is 2.16 bits per heavy atom. The van der Waals surface area contributed by atoms with Gasteiger partial charge in [-0.3, -0.25) is 0 Å². The van der Waals surface area contributed by atoms with E-state index in [0.29, 0.717) is 10.9 Å². The minimum atomic E-state index is -3.76. The molecule has 6 heteroatoms. The SMILES string of the molecule is CCOC(=O)C(F)(F)[C@H](N)c1c[nH]c2ccccc12. The van der Waals surface area contributed by atoms with E-state index < -0.39 is 17.9 Å². The molecule has 0 spiro atoms. The van der Waals surface area contributed by atoms with Crippen molar-refractivity contribution in [2.45, 2.75) is 18.9 Å². The number of nitrogens with one attached hydrogen (secondary N) is 1. The van der Waals surface area contributed by atoms with Crippen molar-refractivity contribution in [1.82, 2.24) is 4.98 Å². The van der Waals surface area contributed by atoms with Crippen LogP contribution in [0.4, 0.5) is 8.78 Å². The Kier molecular flexibility index (Phi) is 3.53.